The summed E-state index contributed by atoms with van der Waals surface area (Å²) in [7, 11) is 3.39. The Morgan fingerprint density at radius 3 is 2.36 bits per heavy atom. The van der Waals surface area contributed by atoms with Crippen LogP contribution in [0.2, 0.25) is 0 Å². The lowest BCUT2D eigenvalue weighted by molar-refractivity contribution is 0.356. The van der Waals surface area contributed by atoms with Crippen LogP contribution >= 0.6 is 34.9 Å². The maximum Gasteiger partial charge on any atom is 0.162 e. The molecule has 0 atom stereocenters. The molecule has 5 heteroatoms. The van der Waals surface area contributed by atoms with Gasteiger partial charge in [0.25, 0.3) is 0 Å². The van der Waals surface area contributed by atoms with Crippen molar-refractivity contribution in [2.75, 3.05) is 25.7 Å². The molecule has 1 aliphatic heterocycles. The zero-order valence-corrected chi connectivity index (χ0v) is 15.8. The molecule has 1 aromatic carbocycles. The van der Waals surface area contributed by atoms with E-state index in [2.05, 4.69) is 48.6 Å². The number of methoxy groups -OCH3 is 2. The summed E-state index contributed by atoms with van der Waals surface area (Å²) in [5.74, 6) is 4.17. The van der Waals surface area contributed by atoms with E-state index in [1.165, 1.54) is 45.7 Å². The van der Waals surface area contributed by atoms with Crippen molar-refractivity contribution in [2.45, 2.75) is 30.3 Å². The Bertz CT molecular complexity index is 598. The smallest absolute Gasteiger partial charge is 0.162 e. The molecular weight excluding hydrogens is 332 g/mol. The Labute approximate surface area is 145 Å². The molecule has 0 unspecified atom stereocenters. The first kappa shape index (κ1) is 16.3. The number of thioether (sulfide) groups is 2. The summed E-state index contributed by atoms with van der Waals surface area (Å²) in [5, 5.41) is 1.26. The van der Waals surface area contributed by atoms with Gasteiger partial charge in [-0.15, -0.1) is 34.9 Å². The second-order valence-electron chi connectivity index (χ2n) is 5.41. The van der Waals surface area contributed by atoms with Gasteiger partial charge in [-0.05, 0) is 41.9 Å². The van der Waals surface area contributed by atoms with E-state index in [1.54, 1.807) is 14.2 Å². The summed E-state index contributed by atoms with van der Waals surface area (Å²) >= 11 is 6.18. The van der Waals surface area contributed by atoms with Gasteiger partial charge in [0.15, 0.2) is 11.5 Å². The lowest BCUT2D eigenvalue weighted by Crippen LogP contribution is -2.21. The third-order valence-corrected chi connectivity index (χ3v) is 8.93. The molecule has 2 aromatic rings. The second-order valence-corrected chi connectivity index (χ2v) is 9.54. The predicted octanol–water partition coefficient (Wildman–Crippen LogP) is 5.74. The van der Waals surface area contributed by atoms with Crippen LogP contribution in [0.1, 0.15) is 31.1 Å². The van der Waals surface area contributed by atoms with Crippen LogP contribution in [0.3, 0.4) is 0 Å². The molecule has 1 aromatic heterocycles. The highest BCUT2D eigenvalue weighted by Gasteiger charge is 2.36. The molecule has 22 heavy (non-hydrogen) atoms. The minimum absolute atomic E-state index is 0.247. The monoisotopic (exact) mass is 354 g/mol. The third kappa shape index (κ3) is 2.95. The molecule has 0 aliphatic carbocycles. The van der Waals surface area contributed by atoms with Crippen molar-refractivity contribution >= 4 is 44.9 Å². The first-order chi connectivity index (χ1) is 10.7. The Kier molecular flexibility index (Phi) is 5.15. The molecule has 3 rings (SSSR count). The molecular formula is C17H22O2S3. The van der Waals surface area contributed by atoms with Crippen LogP contribution in [0, 0.1) is 0 Å². The van der Waals surface area contributed by atoms with E-state index in [1.807, 2.05) is 11.3 Å². The molecule has 0 N–H and O–H groups in total. The van der Waals surface area contributed by atoms with E-state index >= 15 is 0 Å². The molecule has 0 bridgehead atoms. The SMILES string of the molecule is CCCC1(c2cc3cc(OC)c(OC)cc3s2)SCCCS1. The maximum atomic E-state index is 5.44. The standard InChI is InChI=1S/C17H22O2S3/c1-4-6-17(20-7-5-8-21-17)16-10-12-9-13(18-2)14(19-3)11-15(12)22-16/h9-11H,4-8H2,1-3H3. The number of ether oxygens (including phenoxy) is 2. The molecule has 0 radical (unpaired) electrons. The van der Waals surface area contributed by atoms with Crippen LogP contribution in [0.15, 0.2) is 18.2 Å². The summed E-state index contributed by atoms with van der Waals surface area (Å²) in [6.07, 6.45) is 3.79. The largest absolute Gasteiger partial charge is 0.493 e. The van der Waals surface area contributed by atoms with Crippen molar-refractivity contribution in [1.29, 1.82) is 0 Å². The van der Waals surface area contributed by atoms with E-state index in [4.69, 9.17) is 9.47 Å². The topological polar surface area (TPSA) is 18.5 Å². The van der Waals surface area contributed by atoms with Crippen molar-refractivity contribution in [2.24, 2.45) is 0 Å². The Hall–Kier alpha value is -0.520. The van der Waals surface area contributed by atoms with Crippen molar-refractivity contribution in [3.63, 3.8) is 0 Å². The molecule has 1 saturated heterocycles. The number of rotatable bonds is 5. The first-order valence-corrected chi connectivity index (χ1v) is 10.4. The lowest BCUT2D eigenvalue weighted by atomic mass is 10.1. The van der Waals surface area contributed by atoms with Gasteiger partial charge in [0.05, 0.1) is 18.3 Å². The van der Waals surface area contributed by atoms with E-state index in [0.29, 0.717) is 0 Å². The molecule has 0 spiro atoms. The Morgan fingerprint density at radius 2 is 1.73 bits per heavy atom. The van der Waals surface area contributed by atoms with Gasteiger partial charge in [0.1, 0.15) is 0 Å². The van der Waals surface area contributed by atoms with Gasteiger partial charge >= 0.3 is 0 Å². The molecule has 1 aliphatic rings. The van der Waals surface area contributed by atoms with E-state index in [0.717, 1.165) is 11.5 Å². The van der Waals surface area contributed by atoms with Crippen LogP contribution in [-0.2, 0) is 4.08 Å². The highest BCUT2D eigenvalue weighted by atomic mass is 32.2. The summed E-state index contributed by atoms with van der Waals surface area (Å²) < 4.78 is 12.4. The quantitative estimate of drug-likeness (QED) is 0.681. The van der Waals surface area contributed by atoms with Gasteiger partial charge in [-0.25, -0.2) is 0 Å². The summed E-state index contributed by atoms with van der Waals surface area (Å²) in [6.45, 7) is 2.29. The Morgan fingerprint density at radius 1 is 1.05 bits per heavy atom. The average molecular weight is 355 g/mol. The zero-order chi connectivity index (χ0) is 15.6. The van der Waals surface area contributed by atoms with Crippen molar-refractivity contribution in [3.05, 3.63) is 23.1 Å². The fourth-order valence-corrected chi connectivity index (χ4v) is 7.91. The van der Waals surface area contributed by atoms with Gasteiger partial charge in [0, 0.05) is 15.6 Å². The average Bonchev–Trinajstić information content (AvgIpc) is 2.98. The number of benzene rings is 1. The highest BCUT2D eigenvalue weighted by Crippen LogP contribution is 2.56. The summed E-state index contributed by atoms with van der Waals surface area (Å²) in [4.78, 5) is 1.49. The zero-order valence-electron chi connectivity index (χ0n) is 13.3. The summed E-state index contributed by atoms with van der Waals surface area (Å²) in [5.41, 5.74) is 0. The fourth-order valence-electron chi connectivity index (χ4n) is 2.87. The Balaban J connectivity index is 2.06. The van der Waals surface area contributed by atoms with Crippen molar-refractivity contribution in [3.8, 4) is 11.5 Å². The van der Waals surface area contributed by atoms with Crippen LogP contribution < -0.4 is 9.47 Å². The van der Waals surface area contributed by atoms with Gasteiger partial charge in [-0.3, -0.25) is 0 Å². The summed E-state index contributed by atoms with van der Waals surface area (Å²) in [6, 6.07) is 6.58. The van der Waals surface area contributed by atoms with Crippen LogP contribution in [0.4, 0.5) is 0 Å². The van der Waals surface area contributed by atoms with Gasteiger partial charge in [0.2, 0.25) is 0 Å². The molecule has 2 heterocycles. The maximum absolute atomic E-state index is 5.44. The molecule has 0 saturated carbocycles. The molecule has 120 valence electrons. The van der Waals surface area contributed by atoms with E-state index in [-0.39, 0.29) is 4.08 Å². The second kappa shape index (κ2) is 6.93. The predicted molar refractivity (Wildman–Crippen MR) is 101 cm³/mol. The van der Waals surface area contributed by atoms with Crippen molar-refractivity contribution < 1.29 is 9.47 Å². The van der Waals surface area contributed by atoms with Crippen LogP contribution in [0.5, 0.6) is 11.5 Å². The first-order valence-electron chi connectivity index (χ1n) is 7.66. The number of thiophene rings is 1. The minimum atomic E-state index is 0.247. The van der Waals surface area contributed by atoms with E-state index in [9.17, 15) is 0 Å². The van der Waals surface area contributed by atoms with E-state index < -0.39 is 0 Å². The van der Waals surface area contributed by atoms with Gasteiger partial charge in [-0.1, -0.05) is 13.3 Å². The fraction of sp³-hybridized carbons (Fsp3) is 0.529. The molecule has 1 fully saturated rings. The van der Waals surface area contributed by atoms with Crippen LogP contribution in [0.25, 0.3) is 10.1 Å². The van der Waals surface area contributed by atoms with Gasteiger partial charge in [-0.2, -0.15) is 0 Å². The normalized spacial score (nSPS) is 17.6. The molecule has 0 amide bonds. The van der Waals surface area contributed by atoms with Gasteiger partial charge < -0.3 is 9.47 Å². The van der Waals surface area contributed by atoms with Crippen LogP contribution in [-0.4, -0.2) is 25.7 Å². The number of hydrogen-bond donors (Lipinski definition) is 0. The molecule has 2 nitrogen and oxygen atoms in total. The number of hydrogen-bond acceptors (Lipinski definition) is 5. The van der Waals surface area contributed by atoms with Crippen molar-refractivity contribution in [1.82, 2.24) is 0 Å². The lowest BCUT2D eigenvalue weighted by Gasteiger charge is -2.35. The highest BCUT2D eigenvalue weighted by molar-refractivity contribution is 8.18. The number of fused-ring (bicyclic) bond motifs is 1. The minimum Gasteiger partial charge on any atom is -0.493 e. The third-order valence-electron chi connectivity index (χ3n) is 3.94.